The molecule has 0 bridgehead atoms. The maximum Gasteiger partial charge on any atom is 0.262 e. The molecule has 2 aromatic rings. The smallest absolute Gasteiger partial charge is 0.262 e. The summed E-state index contributed by atoms with van der Waals surface area (Å²) in [6, 6.07) is 10.5. The Bertz CT molecular complexity index is 838. The molecular weight excluding hydrogens is 409 g/mol. The van der Waals surface area contributed by atoms with Crippen molar-refractivity contribution in [2.45, 2.75) is 19.3 Å². The second-order valence-electron chi connectivity index (χ2n) is 6.62. The highest BCUT2D eigenvalue weighted by molar-refractivity contribution is 6.40. The van der Waals surface area contributed by atoms with Gasteiger partial charge in [-0.05, 0) is 56.5 Å². The van der Waals surface area contributed by atoms with E-state index < -0.39 is 0 Å². The topological polar surface area (TPSA) is 45.7 Å². The highest BCUT2D eigenvalue weighted by Gasteiger charge is 2.23. The molecule has 0 spiro atoms. The summed E-state index contributed by atoms with van der Waals surface area (Å²) in [5.41, 5.74) is 0.278. The number of aromatic nitrogens is 1. The van der Waals surface area contributed by atoms with Crippen molar-refractivity contribution in [3.63, 3.8) is 0 Å². The monoisotopic (exact) mass is 432 g/mol. The van der Waals surface area contributed by atoms with Gasteiger partial charge in [0.15, 0.2) is 5.88 Å². The first kappa shape index (κ1) is 21.5. The van der Waals surface area contributed by atoms with Crippen LogP contribution in [0.1, 0.15) is 29.6 Å². The summed E-state index contributed by atoms with van der Waals surface area (Å²) in [4.78, 5) is 21.3. The predicted molar refractivity (Wildman–Crippen MR) is 117 cm³/mol. The van der Waals surface area contributed by atoms with Gasteiger partial charge in [0.2, 0.25) is 0 Å². The number of benzene rings is 1. The maximum absolute atomic E-state index is 13.2. The Morgan fingerprint density at radius 3 is 2.69 bits per heavy atom. The Balaban J connectivity index is 1.70. The molecule has 7 heteroatoms. The Hall–Kier alpha value is -2.24. The van der Waals surface area contributed by atoms with Crippen molar-refractivity contribution in [3.8, 4) is 0 Å². The summed E-state index contributed by atoms with van der Waals surface area (Å²) in [5, 5.41) is 0.635. The normalized spacial score (nSPS) is 13.8. The number of pyridine rings is 1. The molecule has 0 atom stereocenters. The van der Waals surface area contributed by atoms with Gasteiger partial charge in [0.1, 0.15) is 5.82 Å². The highest BCUT2D eigenvalue weighted by Crippen LogP contribution is 2.27. The average molecular weight is 433 g/mol. The number of nitrogens with zero attached hydrogens (tertiary/aromatic N) is 3. The van der Waals surface area contributed by atoms with E-state index in [1.807, 2.05) is 6.07 Å². The summed E-state index contributed by atoms with van der Waals surface area (Å²) in [5.74, 6) is 1.14. The van der Waals surface area contributed by atoms with Crippen molar-refractivity contribution in [1.82, 2.24) is 9.88 Å². The number of allylic oxidation sites excluding steroid dienone is 1. The van der Waals surface area contributed by atoms with Gasteiger partial charge in [-0.15, -0.1) is 0 Å². The SMILES string of the molecule is [CH2]CN1CCCC=C1OCCCN(C(=O)c1c(Cl)cccc1Cl)c1ccccn1. The van der Waals surface area contributed by atoms with Gasteiger partial charge in [-0.2, -0.15) is 0 Å². The summed E-state index contributed by atoms with van der Waals surface area (Å²) in [6.45, 7) is 6.49. The Morgan fingerprint density at radius 2 is 2.00 bits per heavy atom. The third-order valence-electron chi connectivity index (χ3n) is 4.66. The summed E-state index contributed by atoms with van der Waals surface area (Å²) < 4.78 is 5.94. The van der Waals surface area contributed by atoms with Crippen LogP contribution in [0, 0.1) is 6.92 Å². The standard InChI is InChI=1S/C22H24Cl2N3O2/c1-2-26-14-6-4-12-20(26)29-16-8-15-27(19-11-3-5-13-25-19)22(28)21-17(23)9-7-10-18(21)24/h3,5,7,9-13H,1-2,4,6,8,14-16H2. The quantitative estimate of drug-likeness (QED) is 0.536. The molecule has 1 amide bonds. The fourth-order valence-electron chi connectivity index (χ4n) is 3.19. The van der Waals surface area contributed by atoms with Crippen molar-refractivity contribution in [2.75, 3.05) is 31.1 Å². The molecule has 1 aliphatic heterocycles. The summed E-state index contributed by atoms with van der Waals surface area (Å²) in [6.07, 6.45) is 6.50. The van der Waals surface area contributed by atoms with E-state index in [-0.39, 0.29) is 11.5 Å². The molecule has 0 saturated carbocycles. The first-order valence-corrected chi connectivity index (χ1v) is 10.4. The molecule has 0 unspecified atom stereocenters. The van der Waals surface area contributed by atoms with Crippen molar-refractivity contribution >= 4 is 34.9 Å². The van der Waals surface area contributed by atoms with E-state index in [1.165, 1.54) is 0 Å². The fourth-order valence-corrected chi connectivity index (χ4v) is 3.75. The van der Waals surface area contributed by atoms with Crippen molar-refractivity contribution in [2.24, 2.45) is 0 Å². The van der Waals surface area contributed by atoms with Crippen LogP contribution in [-0.4, -0.2) is 42.0 Å². The van der Waals surface area contributed by atoms with Gasteiger partial charge in [-0.3, -0.25) is 9.69 Å². The van der Waals surface area contributed by atoms with Crippen molar-refractivity contribution in [3.05, 3.63) is 77.1 Å². The Kier molecular flexibility index (Phi) is 7.78. The Labute approximate surface area is 181 Å². The van der Waals surface area contributed by atoms with Crippen LogP contribution in [0.4, 0.5) is 5.82 Å². The van der Waals surface area contributed by atoms with E-state index in [0.29, 0.717) is 42.0 Å². The van der Waals surface area contributed by atoms with Gasteiger partial charge in [0.25, 0.3) is 5.91 Å². The number of carbonyl (C=O) groups excluding carboxylic acids is 1. The lowest BCUT2D eigenvalue weighted by atomic mass is 10.2. The van der Waals surface area contributed by atoms with Crippen LogP contribution in [-0.2, 0) is 4.74 Å². The molecule has 5 nitrogen and oxygen atoms in total. The first-order valence-electron chi connectivity index (χ1n) is 9.66. The molecule has 0 saturated heterocycles. The van der Waals surface area contributed by atoms with E-state index in [4.69, 9.17) is 27.9 Å². The molecule has 29 heavy (non-hydrogen) atoms. The summed E-state index contributed by atoms with van der Waals surface area (Å²) in [7, 11) is 0. The van der Waals surface area contributed by atoms with Crippen LogP contribution in [0.5, 0.6) is 0 Å². The fraction of sp³-hybridized carbons (Fsp3) is 0.318. The molecule has 3 rings (SSSR count). The molecule has 153 valence electrons. The average Bonchev–Trinajstić information content (AvgIpc) is 2.74. The molecule has 1 radical (unpaired) electrons. The molecule has 1 aromatic carbocycles. The molecule has 0 fully saturated rings. The van der Waals surface area contributed by atoms with E-state index in [9.17, 15) is 4.79 Å². The number of rotatable bonds is 8. The van der Waals surface area contributed by atoms with Crippen LogP contribution in [0.25, 0.3) is 0 Å². The molecule has 2 heterocycles. The second-order valence-corrected chi connectivity index (χ2v) is 7.43. The molecule has 0 aliphatic carbocycles. The lowest BCUT2D eigenvalue weighted by Crippen LogP contribution is -2.34. The number of ether oxygens (including phenoxy) is 1. The van der Waals surface area contributed by atoms with Crippen molar-refractivity contribution in [1.29, 1.82) is 0 Å². The first-order chi connectivity index (χ1) is 14.1. The van der Waals surface area contributed by atoms with Gasteiger partial charge >= 0.3 is 0 Å². The molecular formula is C22H24Cl2N3O2. The summed E-state index contributed by atoms with van der Waals surface area (Å²) >= 11 is 12.5. The van der Waals surface area contributed by atoms with Gasteiger partial charge in [0.05, 0.1) is 22.2 Å². The lowest BCUT2D eigenvalue weighted by molar-refractivity contribution is 0.0968. The van der Waals surface area contributed by atoms with Gasteiger partial charge in [0, 0.05) is 25.8 Å². The van der Waals surface area contributed by atoms with Crippen LogP contribution in [0.2, 0.25) is 10.0 Å². The number of amides is 1. The second kappa shape index (κ2) is 10.5. The predicted octanol–water partition coefficient (Wildman–Crippen LogP) is 5.21. The number of carbonyl (C=O) groups is 1. The highest BCUT2D eigenvalue weighted by atomic mass is 35.5. The van der Waals surface area contributed by atoms with Crippen molar-refractivity contribution < 1.29 is 9.53 Å². The van der Waals surface area contributed by atoms with E-state index >= 15 is 0 Å². The number of anilines is 1. The van der Waals surface area contributed by atoms with Crippen LogP contribution >= 0.6 is 23.2 Å². The number of hydrogen-bond donors (Lipinski definition) is 0. The zero-order chi connectivity index (χ0) is 20.6. The van der Waals surface area contributed by atoms with Crippen LogP contribution in [0.3, 0.4) is 0 Å². The van der Waals surface area contributed by atoms with Crippen LogP contribution < -0.4 is 4.90 Å². The van der Waals surface area contributed by atoms with Gasteiger partial charge < -0.3 is 9.64 Å². The zero-order valence-electron chi connectivity index (χ0n) is 16.2. The minimum Gasteiger partial charge on any atom is -0.479 e. The number of halogens is 2. The van der Waals surface area contributed by atoms with E-state index in [2.05, 4.69) is 22.9 Å². The Morgan fingerprint density at radius 1 is 1.21 bits per heavy atom. The zero-order valence-corrected chi connectivity index (χ0v) is 17.7. The third-order valence-corrected chi connectivity index (χ3v) is 5.29. The van der Waals surface area contributed by atoms with Gasteiger partial charge in [-0.25, -0.2) is 4.98 Å². The molecule has 1 aliphatic rings. The largest absolute Gasteiger partial charge is 0.479 e. The maximum atomic E-state index is 13.2. The molecule has 0 N–H and O–H groups in total. The minimum absolute atomic E-state index is 0.278. The number of hydrogen-bond acceptors (Lipinski definition) is 4. The van der Waals surface area contributed by atoms with E-state index in [1.54, 1.807) is 41.4 Å². The minimum atomic E-state index is -0.282. The third kappa shape index (κ3) is 5.43. The molecule has 1 aromatic heterocycles. The van der Waals surface area contributed by atoms with Gasteiger partial charge in [-0.1, -0.05) is 35.3 Å². The van der Waals surface area contributed by atoms with E-state index in [0.717, 1.165) is 25.3 Å². The lowest BCUT2D eigenvalue weighted by Gasteiger charge is -2.29. The van der Waals surface area contributed by atoms with Crippen LogP contribution in [0.15, 0.2) is 54.6 Å².